The number of benzene rings is 1. The summed E-state index contributed by atoms with van der Waals surface area (Å²) in [5.41, 5.74) is 6.23. The molecule has 0 atom stereocenters. The van der Waals surface area contributed by atoms with Gasteiger partial charge in [0.05, 0.1) is 10.4 Å². The molecule has 6 heteroatoms. The molecule has 6 nitrogen and oxygen atoms in total. The lowest BCUT2D eigenvalue weighted by molar-refractivity contribution is -0.383. The highest BCUT2D eigenvalue weighted by Gasteiger charge is 2.17. The van der Waals surface area contributed by atoms with Crippen molar-refractivity contribution in [3.05, 3.63) is 34.1 Å². The molecule has 17 heavy (non-hydrogen) atoms. The number of nitro benzene ring substituents is 1. The zero-order valence-electron chi connectivity index (χ0n) is 9.54. The van der Waals surface area contributed by atoms with Crippen molar-refractivity contribution in [3.8, 4) is 0 Å². The average Bonchev–Trinajstić information content (AvgIpc) is 2.27. The lowest BCUT2D eigenvalue weighted by Gasteiger charge is -2.07. The lowest BCUT2D eigenvalue weighted by Crippen LogP contribution is -2.04. The van der Waals surface area contributed by atoms with Crippen molar-refractivity contribution in [2.75, 3.05) is 5.73 Å². The third-order valence-electron chi connectivity index (χ3n) is 2.46. The molecular formula is C11H12N4O2. The van der Waals surface area contributed by atoms with Gasteiger partial charge in [0.1, 0.15) is 17.0 Å². The molecule has 0 saturated heterocycles. The summed E-state index contributed by atoms with van der Waals surface area (Å²) in [5, 5.41) is 11.2. The minimum absolute atomic E-state index is 0.0599. The van der Waals surface area contributed by atoms with E-state index in [1.54, 1.807) is 12.1 Å². The molecule has 0 unspecified atom stereocenters. The second-order valence-corrected chi connectivity index (χ2v) is 4.05. The maximum atomic E-state index is 10.9. The van der Waals surface area contributed by atoms with Crippen LogP contribution in [0.5, 0.6) is 0 Å². The summed E-state index contributed by atoms with van der Waals surface area (Å²) < 4.78 is 0. The Morgan fingerprint density at radius 3 is 2.65 bits per heavy atom. The standard InChI is InChI=1S/C11H12N4O2/c1-6(2)11-13-7-4-3-5-8(15(16)17)9(7)10(12)14-11/h3-6H,1-2H3,(H2,12,13,14). The van der Waals surface area contributed by atoms with E-state index in [0.29, 0.717) is 16.7 Å². The molecule has 0 bridgehead atoms. The lowest BCUT2D eigenvalue weighted by atomic mass is 10.1. The van der Waals surface area contributed by atoms with Crippen LogP contribution in [0.15, 0.2) is 18.2 Å². The first kappa shape index (κ1) is 11.3. The van der Waals surface area contributed by atoms with Crippen LogP contribution in [0, 0.1) is 10.1 Å². The molecular weight excluding hydrogens is 220 g/mol. The molecule has 0 aliphatic heterocycles. The normalized spacial score (nSPS) is 11.0. The largest absolute Gasteiger partial charge is 0.383 e. The Morgan fingerprint density at radius 1 is 1.35 bits per heavy atom. The van der Waals surface area contributed by atoms with Crippen LogP contribution in [0.4, 0.5) is 11.5 Å². The number of nitrogens with zero attached hydrogens (tertiary/aromatic N) is 3. The zero-order chi connectivity index (χ0) is 12.6. The van der Waals surface area contributed by atoms with Crippen LogP contribution in [0.3, 0.4) is 0 Å². The average molecular weight is 232 g/mol. The van der Waals surface area contributed by atoms with E-state index in [2.05, 4.69) is 9.97 Å². The second kappa shape index (κ2) is 3.97. The molecule has 0 spiro atoms. The fourth-order valence-electron chi connectivity index (χ4n) is 1.62. The fourth-order valence-corrected chi connectivity index (χ4v) is 1.62. The van der Waals surface area contributed by atoms with Gasteiger partial charge in [0.2, 0.25) is 0 Å². The maximum absolute atomic E-state index is 10.9. The van der Waals surface area contributed by atoms with E-state index < -0.39 is 4.92 Å². The Bertz CT molecular complexity index is 595. The number of nitro groups is 1. The molecule has 0 saturated carbocycles. The van der Waals surface area contributed by atoms with Crippen molar-refractivity contribution in [3.63, 3.8) is 0 Å². The summed E-state index contributed by atoms with van der Waals surface area (Å²) >= 11 is 0. The zero-order valence-corrected chi connectivity index (χ0v) is 9.54. The highest BCUT2D eigenvalue weighted by atomic mass is 16.6. The van der Waals surface area contributed by atoms with Crippen molar-refractivity contribution in [2.45, 2.75) is 19.8 Å². The number of anilines is 1. The Hall–Kier alpha value is -2.24. The Balaban J connectivity index is 2.80. The van der Waals surface area contributed by atoms with Crippen LogP contribution in [-0.4, -0.2) is 14.9 Å². The first-order chi connectivity index (χ1) is 8.00. The number of aromatic nitrogens is 2. The third-order valence-corrected chi connectivity index (χ3v) is 2.46. The van der Waals surface area contributed by atoms with Crippen molar-refractivity contribution in [1.29, 1.82) is 0 Å². The molecule has 0 amide bonds. The van der Waals surface area contributed by atoms with Gasteiger partial charge in [-0.2, -0.15) is 0 Å². The van der Waals surface area contributed by atoms with Crippen LogP contribution >= 0.6 is 0 Å². The van der Waals surface area contributed by atoms with Gasteiger partial charge in [0, 0.05) is 12.0 Å². The van der Waals surface area contributed by atoms with E-state index in [4.69, 9.17) is 5.73 Å². The van der Waals surface area contributed by atoms with E-state index in [1.165, 1.54) is 6.07 Å². The van der Waals surface area contributed by atoms with Crippen molar-refractivity contribution in [1.82, 2.24) is 9.97 Å². The summed E-state index contributed by atoms with van der Waals surface area (Å²) in [5.74, 6) is 0.877. The van der Waals surface area contributed by atoms with Crippen LogP contribution in [0.2, 0.25) is 0 Å². The van der Waals surface area contributed by atoms with Crippen molar-refractivity contribution in [2.24, 2.45) is 0 Å². The summed E-state index contributed by atoms with van der Waals surface area (Å²) in [7, 11) is 0. The fraction of sp³-hybridized carbons (Fsp3) is 0.273. The van der Waals surface area contributed by atoms with Crippen LogP contribution < -0.4 is 5.73 Å². The van der Waals surface area contributed by atoms with E-state index in [0.717, 1.165) is 0 Å². The molecule has 2 rings (SSSR count). The smallest absolute Gasteiger partial charge is 0.282 e. The monoisotopic (exact) mass is 232 g/mol. The molecule has 2 N–H and O–H groups in total. The molecule has 1 aromatic carbocycles. The van der Waals surface area contributed by atoms with Crippen LogP contribution in [-0.2, 0) is 0 Å². The van der Waals surface area contributed by atoms with Crippen molar-refractivity contribution >= 4 is 22.4 Å². The molecule has 0 aliphatic carbocycles. The van der Waals surface area contributed by atoms with Gasteiger partial charge in [-0.25, -0.2) is 9.97 Å². The minimum atomic E-state index is -0.475. The highest BCUT2D eigenvalue weighted by molar-refractivity contribution is 5.95. The van der Waals surface area contributed by atoms with Crippen LogP contribution in [0.25, 0.3) is 10.9 Å². The molecule has 1 aromatic heterocycles. The first-order valence-corrected chi connectivity index (χ1v) is 5.21. The number of nitrogens with two attached hydrogens (primary N) is 1. The maximum Gasteiger partial charge on any atom is 0.282 e. The summed E-state index contributed by atoms with van der Waals surface area (Å²) in [6.45, 7) is 3.88. The molecule has 0 aliphatic rings. The van der Waals surface area contributed by atoms with Gasteiger partial charge in [-0.15, -0.1) is 0 Å². The quantitative estimate of drug-likeness (QED) is 0.632. The Labute approximate surface area is 97.6 Å². The number of hydrogen-bond donors (Lipinski definition) is 1. The number of rotatable bonds is 2. The second-order valence-electron chi connectivity index (χ2n) is 4.05. The predicted octanol–water partition coefficient (Wildman–Crippen LogP) is 2.24. The molecule has 0 fully saturated rings. The number of nitrogen functional groups attached to an aromatic ring is 1. The Kier molecular flexibility index (Phi) is 2.63. The predicted molar refractivity (Wildman–Crippen MR) is 64.7 cm³/mol. The molecule has 0 radical (unpaired) electrons. The summed E-state index contributed by atoms with van der Waals surface area (Å²) in [6, 6.07) is 4.69. The molecule has 2 aromatic rings. The Morgan fingerprint density at radius 2 is 2.06 bits per heavy atom. The third kappa shape index (κ3) is 1.89. The van der Waals surface area contributed by atoms with E-state index in [-0.39, 0.29) is 17.4 Å². The SMILES string of the molecule is CC(C)c1nc(N)c2c([N+](=O)[O-])cccc2n1. The van der Waals surface area contributed by atoms with Crippen molar-refractivity contribution < 1.29 is 4.92 Å². The van der Waals surface area contributed by atoms with Gasteiger partial charge in [0.25, 0.3) is 5.69 Å². The van der Waals surface area contributed by atoms with Gasteiger partial charge >= 0.3 is 0 Å². The molecule has 88 valence electrons. The number of non-ortho nitro benzene ring substituents is 1. The number of hydrogen-bond acceptors (Lipinski definition) is 5. The topological polar surface area (TPSA) is 94.9 Å². The van der Waals surface area contributed by atoms with Gasteiger partial charge in [-0.05, 0) is 6.07 Å². The number of fused-ring (bicyclic) bond motifs is 1. The van der Waals surface area contributed by atoms with Gasteiger partial charge < -0.3 is 5.73 Å². The van der Waals surface area contributed by atoms with Gasteiger partial charge in [-0.1, -0.05) is 19.9 Å². The van der Waals surface area contributed by atoms with Gasteiger partial charge in [-0.3, -0.25) is 10.1 Å². The summed E-state index contributed by atoms with van der Waals surface area (Å²) in [6.07, 6.45) is 0. The molecule has 1 heterocycles. The summed E-state index contributed by atoms with van der Waals surface area (Å²) in [4.78, 5) is 18.8. The van der Waals surface area contributed by atoms with Crippen LogP contribution in [0.1, 0.15) is 25.6 Å². The van der Waals surface area contributed by atoms with Gasteiger partial charge in [0.15, 0.2) is 0 Å². The van der Waals surface area contributed by atoms with E-state index in [9.17, 15) is 10.1 Å². The highest BCUT2D eigenvalue weighted by Crippen LogP contribution is 2.29. The van der Waals surface area contributed by atoms with E-state index >= 15 is 0 Å². The van der Waals surface area contributed by atoms with E-state index in [1.807, 2.05) is 13.8 Å². The minimum Gasteiger partial charge on any atom is -0.383 e. The first-order valence-electron chi connectivity index (χ1n) is 5.21.